The van der Waals surface area contributed by atoms with Crippen LogP contribution in [-0.2, 0) is 18.3 Å². The number of aryl methyl sites for hydroxylation is 1. The molecule has 0 spiro atoms. The highest BCUT2D eigenvalue weighted by atomic mass is 16.6. The molecule has 2 aromatic rings. The van der Waals surface area contributed by atoms with Crippen molar-refractivity contribution < 1.29 is 14.3 Å². The van der Waals surface area contributed by atoms with Crippen LogP contribution in [0.3, 0.4) is 0 Å². The third-order valence-corrected chi connectivity index (χ3v) is 3.64. The van der Waals surface area contributed by atoms with Gasteiger partial charge in [-0.1, -0.05) is 0 Å². The number of benzene rings is 1. The molecule has 1 aliphatic heterocycles. The van der Waals surface area contributed by atoms with Gasteiger partial charge in [0.15, 0.2) is 11.5 Å². The molecule has 0 radical (unpaired) electrons. The number of amides is 1. The highest BCUT2D eigenvalue weighted by molar-refractivity contribution is 5.92. The number of carbonyl (C=O) groups is 1. The average molecular weight is 260 g/mol. The van der Waals surface area contributed by atoms with Crippen LogP contribution in [0, 0.1) is 6.92 Å². The summed E-state index contributed by atoms with van der Waals surface area (Å²) in [5.41, 5.74) is 8.35. The van der Waals surface area contributed by atoms with Crippen molar-refractivity contribution in [3.8, 4) is 11.5 Å². The summed E-state index contributed by atoms with van der Waals surface area (Å²) >= 11 is 0. The lowest BCUT2D eigenvalue weighted by molar-refractivity contribution is -0.117. The molecule has 1 aliphatic rings. The summed E-state index contributed by atoms with van der Waals surface area (Å²) in [6.07, 6.45) is 0.239. The van der Waals surface area contributed by atoms with Crippen molar-refractivity contribution in [1.29, 1.82) is 0 Å². The maximum absolute atomic E-state index is 11.2. The van der Waals surface area contributed by atoms with Gasteiger partial charge in [0.25, 0.3) is 0 Å². The molecule has 0 bridgehead atoms. The fraction of sp³-hybridized carbons (Fsp3) is 0.357. The Morgan fingerprint density at radius 2 is 1.95 bits per heavy atom. The number of fused-ring (bicyclic) bond motifs is 2. The molecule has 5 heteroatoms. The summed E-state index contributed by atoms with van der Waals surface area (Å²) in [6, 6.07) is 3.90. The minimum Gasteiger partial charge on any atom is -0.486 e. The van der Waals surface area contributed by atoms with E-state index in [1.807, 2.05) is 30.7 Å². The molecule has 1 aromatic heterocycles. The second-order valence-electron chi connectivity index (χ2n) is 4.78. The molecule has 1 amide bonds. The minimum absolute atomic E-state index is 0.239. The van der Waals surface area contributed by atoms with E-state index >= 15 is 0 Å². The van der Waals surface area contributed by atoms with E-state index < -0.39 is 0 Å². The van der Waals surface area contributed by atoms with Crippen LogP contribution in [0.1, 0.15) is 11.3 Å². The first-order valence-electron chi connectivity index (χ1n) is 6.23. The fourth-order valence-corrected chi connectivity index (χ4v) is 2.57. The molecule has 100 valence electrons. The van der Waals surface area contributed by atoms with Gasteiger partial charge in [0.05, 0.1) is 11.9 Å². The van der Waals surface area contributed by atoms with Crippen LogP contribution in [0.5, 0.6) is 11.5 Å². The maximum atomic E-state index is 11.2. The van der Waals surface area contributed by atoms with E-state index in [9.17, 15) is 4.79 Å². The van der Waals surface area contributed by atoms with Gasteiger partial charge in [0.1, 0.15) is 13.2 Å². The van der Waals surface area contributed by atoms with E-state index in [0.717, 1.165) is 33.7 Å². The Kier molecular flexibility index (Phi) is 2.62. The van der Waals surface area contributed by atoms with Gasteiger partial charge >= 0.3 is 0 Å². The molecule has 3 rings (SSSR count). The van der Waals surface area contributed by atoms with Crippen molar-refractivity contribution in [2.24, 2.45) is 12.8 Å². The lowest BCUT2D eigenvalue weighted by Gasteiger charge is -2.18. The van der Waals surface area contributed by atoms with Crippen molar-refractivity contribution in [3.63, 3.8) is 0 Å². The van der Waals surface area contributed by atoms with Crippen molar-refractivity contribution >= 4 is 16.8 Å². The first-order valence-corrected chi connectivity index (χ1v) is 6.23. The Hall–Kier alpha value is -2.17. The number of primary amides is 1. The number of carbonyl (C=O) groups excluding carboxylic acids is 1. The number of aromatic nitrogens is 1. The van der Waals surface area contributed by atoms with Gasteiger partial charge in [0.2, 0.25) is 5.91 Å². The van der Waals surface area contributed by atoms with Crippen molar-refractivity contribution in [2.45, 2.75) is 13.3 Å². The Labute approximate surface area is 110 Å². The molecule has 2 N–H and O–H groups in total. The van der Waals surface area contributed by atoms with Gasteiger partial charge in [-0.25, -0.2) is 0 Å². The van der Waals surface area contributed by atoms with Crippen LogP contribution in [0.15, 0.2) is 12.1 Å². The number of rotatable bonds is 2. The van der Waals surface area contributed by atoms with Crippen LogP contribution in [0.2, 0.25) is 0 Å². The van der Waals surface area contributed by atoms with Gasteiger partial charge in [0, 0.05) is 24.2 Å². The predicted molar refractivity (Wildman–Crippen MR) is 71.5 cm³/mol. The van der Waals surface area contributed by atoms with Crippen molar-refractivity contribution in [1.82, 2.24) is 4.57 Å². The Bertz CT molecular complexity index is 673. The van der Waals surface area contributed by atoms with Gasteiger partial charge in [-0.3, -0.25) is 4.79 Å². The van der Waals surface area contributed by atoms with Gasteiger partial charge in [-0.05, 0) is 18.6 Å². The molecule has 1 aromatic carbocycles. The Morgan fingerprint density at radius 3 is 2.58 bits per heavy atom. The molecule has 0 aliphatic carbocycles. The fourth-order valence-electron chi connectivity index (χ4n) is 2.57. The normalized spacial score (nSPS) is 13.8. The molecule has 0 atom stereocenters. The monoisotopic (exact) mass is 260 g/mol. The van der Waals surface area contributed by atoms with E-state index in [4.69, 9.17) is 15.2 Å². The summed E-state index contributed by atoms with van der Waals surface area (Å²) in [5.74, 6) is 1.16. The lowest BCUT2D eigenvalue weighted by Crippen LogP contribution is -2.15. The molecule has 5 nitrogen and oxygen atoms in total. The molecule has 2 heterocycles. The quantitative estimate of drug-likeness (QED) is 0.884. The first-order chi connectivity index (χ1) is 9.08. The van der Waals surface area contributed by atoms with Crippen LogP contribution in [0.4, 0.5) is 0 Å². The number of nitrogens with zero attached hydrogens (tertiary/aromatic N) is 1. The maximum Gasteiger partial charge on any atom is 0.221 e. The molecule has 0 fully saturated rings. The number of ether oxygens (including phenoxy) is 2. The van der Waals surface area contributed by atoms with Gasteiger partial charge < -0.3 is 19.8 Å². The largest absolute Gasteiger partial charge is 0.486 e. The number of nitrogens with two attached hydrogens (primary N) is 1. The zero-order valence-electron chi connectivity index (χ0n) is 11.0. The zero-order valence-corrected chi connectivity index (χ0v) is 11.0. The van der Waals surface area contributed by atoms with E-state index in [0.29, 0.717) is 13.2 Å². The first kappa shape index (κ1) is 11.9. The summed E-state index contributed by atoms with van der Waals surface area (Å²) in [7, 11) is 1.97. The van der Waals surface area contributed by atoms with Crippen LogP contribution >= 0.6 is 0 Å². The standard InChI is InChI=1S/C14H16N2O3/c1-8-9(6-14(15)17)10-5-12-13(19-4-3-18-12)7-11(10)16(8)2/h5,7H,3-4,6H2,1-2H3,(H2,15,17). The van der Waals surface area contributed by atoms with E-state index in [1.165, 1.54) is 0 Å². The SMILES string of the molecule is Cc1c(CC(N)=O)c2cc3c(cc2n1C)OCCO3. The third kappa shape index (κ3) is 1.82. The number of hydrogen-bond donors (Lipinski definition) is 1. The van der Waals surface area contributed by atoms with E-state index in [1.54, 1.807) is 0 Å². The topological polar surface area (TPSA) is 66.5 Å². The number of hydrogen-bond acceptors (Lipinski definition) is 3. The van der Waals surface area contributed by atoms with Gasteiger partial charge in [-0.15, -0.1) is 0 Å². The second kappa shape index (κ2) is 4.19. The molecule has 0 saturated carbocycles. The smallest absolute Gasteiger partial charge is 0.221 e. The van der Waals surface area contributed by atoms with Gasteiger partial charge in [-0.2, -0.15) is 0 Å². The minimum atomic E-state index is -0.328. The average Bonchev–Trinajstić information content (AvgIpc) is 2.61. The summed E-state index contributed by atoms with van der Waals surface area (Å²) in [5, 5.41) is 1.00. The van der Waals surface area contributed by atoms with E-state index in [2.05, 4.69) is 0 Å². The third-order valence-electron chi connectivity index (χ3n) is 3.64. The molecule has 19 heavy (non-hydrogen) atoms. The molecule has 0 saturated heterocycles. The summed E-state index contributed by atoms with van der Waals surface area (Å²) in [6.45, 7) is 3.10. The molecular formula is C14H16N2O3. The van der Waals surface area contributed by atoms with Crippen LogP contribution in [-0.4, -0.2) is 23.7 Å². The zero-order chi connectivity index (χ0) is 13.6. The summed E-state index contributed by atoms with van der Waals surface area (Å²) in [4.78, 5) is 11.2. The molecule has 0 unspecified atom stereocenters. The summed E-state index contributed by atoms with van der Waals surface area (Å²) < 4.78 is 13.2. The molecular weight excluding hydrogens is 244 g/mol. The highest BCUT2D eigenvalue weighted by Crippen LogP contribution is 2.37. The van der Waals surface area contributed by atoms with Crippen molar-refractivity contribution in [3.05, 3.63) is 23.4 Å². The Balaban J connectivity index is 2.26. The van der Waals surface area contributed by atoms with Crippen molar-refractivity contribution in [2.75, 3.05) is 13.2 Å². The van der Waals surface area contributed by atoms with Crippen LogP contribution in [0.25, 0.3) is 10.9 Å². The predicted octanol–water partition coefficient (Wildman–Crippen LogP) is 1.29. The van der Waals surface area contributed by atoms with E-state index in [-0.39, 0.29) is 12.3 Å². The lowest BCUT2D eigenvalue weighted by atomic mass is 10.1. The Morgan fingerprint density at radius 1 is 1.32 bits per heavy atom. The van der Waals surface area contributed by atoms with Crippen LogP contribution < -0.4 is 15.2 Å². The highest BCUT2D eigenvalue weighted by Gasteiger charge is 2.19. The second-order valence-corrected chi connectivity index (χ2v) is 4.78.